The molecule has 0 fully saturated rings. The molecule has 0 N–H and O–H groups in total. The molecular weight excluding hydrogens is 647 g/mol. The van der Waals surface area contributed by atoms with Crippen LogP contribution in [-0.2, 0) is 0 Å². The molecule has 11 aromatic rings. The van der Waals surface area contributed by atoms with Gasteiger partial charge in [-0.15, -0.1) is 0 Å². The summed E-state index contributed by atoms with van der Waals surface area (Å²) >= 11 is 0. The van der Waals surface area contributed by atoms with Crippen molar-refractivity contribution in [3.05, 3.63) is 176 Å². The van der Waals surface area contributed by atoms with Crippen LogP contribution in [0.25, 0.3) is 110 Å². The molecule has 0 aliphatic rings. The number of aromatic nitrogens is 3. The SMILES string of the molecule is c1ccc(-c2nc(-c3cc(-c4ccc5ccccc5c4)cc4oc5ccccc5c34)nc(-c3cc4ccccc4c4ccc5ccccc5c34)n2)cc1. The van der Waals surface area contributed by atoms with Crippen LogP contribution in [0.2, 0.25) is 0 Å². The normalized spacial score (nSPS) is 11.8. The molecule has 0 aliphatic carbocycles. The zero-order valence-electron chi connectivity index (χ0n) is 28.5. The van der Waals surface area contributed by atoms with Crippen LogP contribution in [0.3, 0.4) is 0 Å². The first-order valence-electron chi connectivity index (χ1n) is 17.9. The number of fused-ring (bicyclic) bond motifs is 9. The van der Waals surface area contributed by atoms with E-state index in [0.717, 1.165) is 65.9 Å². The van der Waals surface area contributed by atoms with E-state index in [4.69, 9.17) is 19.4 Å². The first-order valence-corrected chi connectivity index (χ1v) is 17.9. The third-order valence-corrected chi connectivity index (χ3v) is 10.5. The number of nitrogens with zero attached hydrogens (tertiary/aromatic N) is 3. The Balaban J connectivity index is 1.25. The summed E-state index contributed by atoms with van der Waals surface area (Å²) in [4.78, 5) is 15.9. The summed E-state index contributed by atoms with van der Waals surface area (Å²) in [6.45, 7) is 0. The Bertz CT molecular complexity index is 3240. The Kier molecular flexibility index (Phi) is 6.52. The quantitative estimate of drug-likeness (QED) is 0.174. The highest BCUT2D eigenvalue weighted by molar-refractivity contribution is 6.22. The molecular formula is C49H29N3O. The van der Waals surface area contributed by atoms with Crippen LogP contribution in [0.1, 0.15) is 0 Å². The van der Waals surface area contributed by atoms with Crippen molar-refractivity contribution in [2.45, 2.75) is 0 Å². The molecule has 0 aliphatic heterocycles. The van der Waals surface area contributed by atoms with Crippen molar-refractivity contribution in [3.8, 4) is 45.3 Å². The summed E-state index contributed by atoms with van der Waals surface area (Å²) in [5, 5.41) is 11.3. The second kappa shape index (κ2) is 11.7. The lowest BCUT2D eigenvalue weighted by Crippen LogP contribution is -2.01. The maximum absolute atomic E-state index is 6.58. The van der Waals surface area contributed by atoms with Crippen molar-refractivity contribution in [2.75, 3.05) is 0 Å². The molecule has 0 atom stereocenters. The Morgan fingerprint density at radius 2 is 0.925 bits per heavy atom. The van der Waals surface area contributed by atoms with Gasteiger partial charge in [0, 0.05) is 32.8 Å². The molecule has 0 spiro atoms. The highest BCUT2D eigenvalue weighted by Crippen LogP contribution is 2.42. The van der Waals surface area contributed by atoms with E-state index in [9.17, 15) is 0 Å². The average Bonchev–Trinajstić information content (AvgIpc) is 3.61. The minimum Gasteiger partial charge on any atom is -0.456 e. The smallest absolute Gasteiger partial charge is 0.164 e. The van der Waals surface area contributed by atoms with Crippen LogP contribution in [0.4, 0.5) is 0 Å². The monoisotopic (exact) mass is 675 g/mol. The molecule has 0 bridgehead atoms. The largest absolute Gasteiger partial charge is 0.456 e. The van der Waals surface area contributed by atoms with E-state index >= 15 is 0 Å². The van der Waals surface area contributed by atoms with Gasteiger partial charge in [0.15, 0.2) is 17.5 Å². The van der Waals surface area contributed by atoms with Crippen molar-refractivity contribution in [2.24, 2.45) is 0 Å². The van der Waals surface area contributed by atoms with Crippen molar-refractivity contribution in [3.63, 3.8) is 0 Å². The van der Waals surface area contributed by atoms with Crippen molar-refractivity contribution >= 4 is 65.0 Å². The highest BCUT2D eigenvalue weighted by Gasteiger charge is 2.21. The molecule has 0 saturated carbocycles. The van der Waals surface area contributed by atoms with Crippen molar-refractivity contribution in [1.82, 2.24) is 15.0 Å². The summed E-state index contributed by atoms with van der Waals surface area (Å²) in [5.41, 5.74) is 6.52. The van der Waals surface area contributed by atoms with Gasteiger partial charge in [-0.2, -0.15) is 0 Å². The molecule has 4 nitrogen and oxygen atoms in total. The molecule has 246 valence electrons. The van der Waals surface area contributed by atoms with E-state index in [1.54, 1.807) is 0 Å². The van der Waals surface area contributed by atoms with Gasteiger partial charge in [0.05, 0.1) is 0 Å². The number of para-hydroxylation sites is 1. The molecule has 2 aromatic heterocycles. The maximum atomic E-state index is 6.58. The Labute approximate surface area is 304 Å². The van der Waals surface area contributed by atoms with Crippen LogP contribution in [-0.4, -0.2) is 15.0 Å². The van der Waals surface area contributed by atoms with E-state index in [2.05, 4.69) is 146 Å². The van der Waals surface area contributed by atoms with E-state index in [0.29, 0.717) is 17.5 Å². The fraction of sp³-hybridized carbons (Fsp3) is 0. The van der Waals surface area contributed by atoms with E-state index in [1.165, 1.54) is 26.9 Å². The Morgan fingerprint density at radius 3 is 1.75 bits per heavy atom. The van der Waals surface area contributed by atoms with Gasteiger partial charge in [-0.05, 0) is 79.2 Å². The van der Waals surface area contributed by atoms with E-state index < -0.39 is 0 Å². The standard InChI is InChI=1S/C49H29N3O/c1-2-14-32(15-3-1)47-50-48(41-27-35-17-7-8-18-37(35)39-25-24-31-13-6-9-19-38(31)45(39)41)52-49(51-47)42-28-36(34-23-22-30-12-4-5-16-33(30)26-34)29-44-46(42)40-20-10-11-21-43(40)53-44/h1-29H. The third kappa shape index (κ3) is 4.80. The second-order valence-electron chi connectivity index (χ2n) is 13.6. The van der Waals surface area contributed by atoms with Crippen LogP contribution >= 0.6 is 0 Å². The van der Waals surface area contributed by atoms with Crippen molar-refractivity contribution < 1.29 is 4.42 Å². The summed E-state index contributed by atoms with van der Waals surface area (Å²) in [7, 11) is 0. The van der Waals surface area contributed by atoms with Crippen LogP contribution < -0.4 is 0 Å². The lowest BCUT2D eigenvalue weighted by Gasteiger charge is -2.15. The fourth-order valence-corrected chi connectivity index (χ4v) is 7.96. The number of hydrogen-bond donors (Lipinski definition) is 0. The lowest BCUT2D eigenvalue weighted by atomic mass is 9.92. The van der Waals surface area contributed by atoms with Crippen LogP contribution in [0.15, 0.2) is 180 Å². The van der Waals surface area contributed by atoms with Crippen LogP contribution in [0.5, 0.6) is 0 Å². The van der Waals surface area contributed by atoms with Gasteiger partial charge >= 0.3 is 0 Å². The molecule has 0 amide bonds. The van der Waals surface area contributed by atoms with Gasteiger partial charge in [-0.3, -0.25) is 0 Å². The van der Waals surface area contributed by atoms with Gasteiger partial charge < -0.3 is 4.42 Å². The zero-order valence-corrected chi connectivity index (χ0v) is 28.5. The second-order valence-corrected chi connectivity index (χ2v) is 13.6. The predicted octanol–water partition coefficient (Wildman–Crippen LogP) is 13.1. The maximum Gasteiger partial charge on any atom is 0.164 e. The summed E-state index contributed by atoms with van der Waals surface area (Å²) in [5.74, 6) is 1.83. The number of furan rings is 1. The van der Waals surface area contributed by atoms with E-state index in [-0.39, 0.29) is 0 Å². The van der Waals surface area contributed by atoms with E-state index in [1.807, 2.05) is 30.3 Å². The first kappa shape index (κ1) is 29.5. The third-order valence-electron chi connectivity index (χ3n) is 10.5. The predicted molar refractivity (Wildman–Crippen MR) is 219 cm³/mol. The lowest BCUT2D eigenvalue weighted by molar-refractivity contribution is 0.669. The fourth-order valence-electron chi connectivity index (χ4n) is 7.96. The molecule has 0 radical (unpaired) electrons. The zero-order chi connectivity index (χ0) is 34.9. The topological polar surface area (TPSA) is 51.8 Å². The minimum atomic E-state index is 0.592. The summed E-state index contributed by atoms with van der Waals surface area (Å²) < 4.78 is 6.58. The molecule has 0 saturated heterocycles. The van der Waals surface area contributed by atoms with Gasteiger partial charge in [0.2, 0.25) is 0 Å². The minimum absolute atomic E-state index is 0.592. The number of hydrogen-bond acceptors (Lipinski definition) is 4. The van der Waals surface area contributed by atoms with Crippen LogP contribution in [0, 0.1) is 0 Å². The summed E-state index contributed by atoms with van der Waals surface area (Å²) in [6, 6.07) is 61.6. The average molecular weight is 676 g/mol. The van der Waals surface area contributed by atoms with Gasteiger partial charge in [-0.1, -0.05) is 146 Å². The number of rotatable bonds is 4. The molecule has 4 heteroatoms. The van der Waals surface area contributed by atoms with Gasteiger partial charge in [-0.25, -0.2) is 15.0 Å². The molecule has 2 heterocycles. The molecule has 9 aromatic carbocycles. The molecule has 11 rings (SSSR count). The summed E-state index contributed by atoms with van der Waals surface area (Å²) in [6.07, 6.45) is 0. The Hall–Kier alpha value is -7.17. The van der Waals surface area contributed by atoms with Crippen molar-refractivity contribution in [1.29, 1.82) is 0 Å². The first-order chi connectivity index (χ1) is 26.2. The van der Waals surface area contributed by atoms with Gasteiger partial charge in [0.25, 0.3) is 0 Å². The molecule has 53 heavy (non-hydrogen) atoms. The Morgan fingerprint density at radius 1 is 0.302 bits per heavy atom. The molecule has 0 unspecified atom stereocenters. The van der Waals surface area contributed by atoms with Gasteiger partial charge in [0.1, 0.15) is 11.2 Å². The highest BCUT2D eigenvalue weighted by atomic mass is 16.3. The number of benzene rings is 9.